The van der Waals surface area contributed by atoms with Crippen LogP contribution in [-0.2, 0) is 18.0 Å². The summed E-state index contributed by atoms with van der Waals surface area (Å²) in [4.78, 5) is 4.41. The number of nitrogens with zero attached hydrogens (tertiary/aromatic N) is 2. The standard InChI is InChI=1S/C16H21N3O2/c1-12-5-7-13(8-6-12)10-20-11-15-18-16(19-21-15)14-4-2-3-9-17-14/h5-8,14,17H,2-4,9-11H2,1H3. The third-order valence-electron chi connectivity index (χ3n) is 3.72. The zero-order valence-corrected chi connectivity index (χ0v) is 12.3. The van der Waals surface area contributed by atoms with Gasteiger partial charge in [0.1, 0.15) is 6.61 Å². The van der Waals surface area contributed by atoms with Crippen LogP contribution >= 0.6 is 0 Å². The van der Waals surface area contributed by atoms with E-state index < -0.39 is 0 Å². The Balaban J connectivity index is 1.49. The van der Waals surface area contributed by atoms with Gasteiger partial charge in [-0.15, -0.1) is 0 Å². The number of hydrogen-bond donors (Lipinski definition) is 1. The van der Waals surface area contributed by atoms with Crippen LogP contribution in [0.15, 0.2) is 28.8 Å². The van der Waals surface area contributed by atoms with E-state index >= 15 is 0 Å². The van der Waals surface area contributed by atoms with E-state index in [1.807, 2.05) is 0 Å². The van der Waals surface area contributed by atoms with Crippen LogP contribution in [0.1, 0.15) is 48.1 Å². The van der Waals surface area contributed by atoms with Crippen LogP contribution < -0.4 is 5.32 Å². The number of rotatable bonds is 5. The maximum absolute atomic E-state index is 5.63. The minimum Gasteiger partial charge on any atom is -0.367 e. The smallest absolute Gasteiger partial charge is 0.252 e. The lowest BCUT2D eigenvalue weighted by atomic mass is 10.0. The number of aromatic nitrogens is 2. The van der Waals surface area contributed by atoms with Crippen molar-refractivity contribution < 1.29 is 9.26 Å². The summed E-state index contributed by atoms with van der Waals surface area (Å²) in [7, 11) is 0. The average molecular weight is 287 g/mol. The van der Waals surface area contributed by atoms with E-state index in [9.17, 15) is 0 Å². The van der Waals surface area contributed by atoms with Crippen molar-refractivity contribution in [3.63, 3.8) is 0 Å². The lowest BCUT2D eigenvalue weighted by Crippen LogP contribution is -2.27. The van der Waals surface area contributed by atoms with E-state index in [0.29, 0.717) is 19.1 Å². The number of benzene rings is 1. The highest BCUT2D eigenvalue weighted by Crippen LogP contribution is 2.20. The molecule has 1 fully saturated rings. The molecule has 0 saturated carbocycles. The van der Waals surface area contributed by atoms with Crippen molar-refractivity contribution in [3.05, 3.63) is 47.1 Å². The predicted octanol–water partition coefficient (Wildman–Crippen LogP) is 2.91. The van der Waals surface area contributed by atoms with Crippen LogP contribution in [0, 0.1) is 6.92 Å². The van der Waals surface area contributed by atoms with Crippen LogP contribution in [0.5, 0.6) is 0 Å². The molecular formula is C16H21N3O2. The summed E-state index contributed by atoms with van der Waals surface area (Å²) in [5.41, 5.74) is 2.40. The molecule has 1 aromatic carbocycles. The molecule has 0 bridgehead atoms. The Morgan fingerprint density at radius 1 is 1.24 bits per heavy atom. The fourth-order valence-electron chi connectivity index (χ4n) is 2.48. The molecule has 21 heavy (non-hydrogen) atoms. The summed E-state index contributed by atoms with van der Waals surface area (Å²) in [5.74, 6) is 1.30. The number of nitrogens with one attached hydrogen (secondary N) is 1. The van der Waals surface area contributed by atoms with Crippen molar-refractivity contribution in [2.24, 2.45) is 0 Å². The molecule has 5 nitrogen and oxygen atoms in total. The van der Waals surface area contributed by atoms with Gasteiger partial charge >= 0.3 is 0 Å². The third-order valence-corrected chi connectivity index (χ3v) is 3.72. The molecule has 1 aliphatic rings. The lowest BCUT2D eigenvalue weighted by Gasteiger charge is -2.19. The zero-order chi connectivity index (χ0) is 14.5. The first-order valence-electron chi connectivity index (χ1n) is 7.50. The minimum absolute atomic E-state index is 0.230. The summed E-state index contributed by atoms with van der Waals surface area (Å²) < 4.78 is 10.9. The molecule has 1 atom stereocenters. The molecule has 1 aromatic heterocycles. The largest absolute Gasteiger partial charge is 0.367 e. The Bertz CT molecular complexity index is 559. The van der Waals surface area contributed by atoms with Crippen LogP contribution in [-0.4, -0.2) is 16.7 Å². The van der Waals surface area contributed by atoms with E-state index in [-0.39, 0.29) is 6.04 Å². The molecule has 1 N–H and O–H groups in total. The molecule has 5 heteroatoms. The van der Waals surface area contributed by atoms with Gasteiger partial charge in [-0.05, 0) is 31.9 Å². The Kier molecular flexibility index (Phi) is 4.62. The first-order chi connectivity index (χ1) is 10.3. The van der Waals surface area contributed by atoms with E-state index in [0.717, 1.165) is 24.4 Å². The fourth-order valence-corrected chi connectivity index (χ4v) is 2.48. The van der Waals surface area contributed by atoms with Crippen LogP contribution in [0.2, 0.25) is 0 Å². The molecule has 3 rings (SSSR count). The molecule has 0 radical (unpaired) electrons. The van der Waals surface area contributed by atoms with Gasteiger partial charge in [-0.2, -0.15) is 4.98 Å². The van der Waals surface area contributed by atoms with Crippen molar-refractivity contribution in [2.75, 3.05) is 6.54 Å². The highest BCUT2D eigenvalue weighted by Gasteiger charge is 2.20. The average Bonchev–Trinajstić information content (AvgIpc) is 2.99. The first kappa shape index (κ1) is 14.2. The van der Waals surface area contributed by atoms with Gasteiger partial charge in [-0.25, -0.2) is 0 Å². The van der Waals surface area contributed by atoms with Crippen LogP contribution in [0.25, 0.3) is 0 Å². The monoisotopic (exact) mass is 287 g/mol. The van der Waals surface area contributed by atoms with Crippen LogP contribution in [0.3, 0.4) is 0 Å². The molecule has 0 amide bonds. The molecule has 0 aliphatic carbocycles. The molecule has 112 valence electrons. The third kappa shape index (κ3) is 3.89. The topological polar surface area (TPSA) is 60.2 Å². The van der Waals surface area contributed by atoms with E-state index in [1.165, 1.54) is 18.4 Å². The zero-order valence-electron chi connectivity index (χ0n) is 12.3. The second-order valence-corrected chi connectivity index (χ2v) is 5.53. The molecule has 2 aromatic rings. The quantitative estimate of drug-likeness (QED) is 0.916. The van der Waals surface area contributed by atoms with Gasteiger partial charge in [0.2, 0.25) is 0 Å². The van der Waals surface area contributed by atoms with Crippen molar-refractivity contribution in [1.29, 1.82) is 0 Å². The van der Waals surface area contributed by atoms with Gasteiger partial charge < -0.3 is 14.6 Å². The summed E-state index contributed by atoms with van der Waals surface area (Å²) >= 11 is 0. The molecule has 1 unspecified atom stereocenters. The van der Waals surface area contributed by atoms with Gasteiger partial charge in [0.15, 0.2) is 5.82 Å². The van der Waals surface area contributed by atoms with Gasteiger partial charge in [0.05, 0.1) is 12.6 Å². The number of piperidine rings is 1. The second kappa shape index (κ2) is 6.83. The fraction of sp³-hybridized carbons (Fsp3) is 0.500. The summed E-state index contributed by atoms with van der Waals surface area (Å²) in [5, 5.41) is 7.46. The summed E-state index contributed by atoms with van der Waals surface area (Å²) in [6.07, 6.45) is 3.51. The summed E-state index contributed by atoms with van der Waals surface area (Å²) in [6.45, 7) is 4.01. The van der Waals surface area contributed by atoms with Gasteiger partial charge in [0.25, 0.3) is 5.89 Å². The maximum Gasteiger partial charge on any atom is 0.252 e. The number of hydrogen-bond acceptors (Lipinski definition) is 5. The Labute approximate surface area is 124 Å². The second-order valence-electron chi connectivity index (χ2n) is 5.53. The highest BCUT2D eigenvalue weighted by atomic mass is 16.5. The Morgan fingerprint density at radius 2 is 2.10 bits per heavy atom. The maximum atomic E-state index is 5.63. The molecule has 2 heterocycles. The van der Waals surface area contributed by atoms with E-state index in [1.54, 1.807) is 0 Å². The SMILES string of the molecule is Cc1ccc(COCc2nc(C3CCCCN3)no2)cc1. The minimum atomic E-state index is 0.230. The number of aryl methyl sites for hydroxylation is 1. The van der Waals surface area contributed by atoms with Gasteiger partial charge in [-0.1, -0.05) is 41.4 Å². The van der Waals surface area contributed by atoms with Crippen molar-refractivity contribution in [3.8, 4) is 0 Å². The van der Waals surface area contributed by atoms with Crippen molar-refractivity contribution in [2.45, 2.75) is 45.4 Å². The van der Waals surface area contributed by atoms with Crippen LogP contribution in [0.4, 0.5) is 0 Å². The highest BCUT2D eigenvalue weighted by molar-refractivity contribution is 5.20. The molecule has 1 aliphatic heterocycles. The first-order valence-corrected chi connectivity index (χ1v) is 7.50. The Hall–Kier alpha value is -1.72. The normalized spacial score (nSPS) is 18.8. The van der Waals surface area contributed by atoms with E-state index in [2.05, 4.69) is 46.6 Å². The molecule has 1 saturated heterocycles. The molecule has 0 spiro atoms. The lowest BCUT2D eigenvalue weighted by molar-refractivity contribution is 0.0850. The summed E-state index contributed by atoms with van der Waals surface area (Å²) in [6, 6.07) is 8.53. The number of ether oxygens (including phenoxy) is 1. The Morgan fingerprint density at radius 3 is 2.86 bits per heavy atom. The van der Waals surface area contributed by atoms with Crippen molar-refractivity contribution in [1.82, 2.24) is 15.5 Å². The predicted molar refractivity (Wildman–Crippen MR) is 78.6 cm³/mol. The molecular weight excluding hydrogens is 266 g/mol. The van der Waals surface area contributed by atoms with Crippen molar-refractivity contribution >= 4 is 0 Å². The van der Waals surface area contributed by atoms with E-state index in [4.69, 9.17) is 9.26 Å². The van der Waals surface area contributed by atoms with Gasteiger partial charge in [0, 0.05) is 0 Å². The van der Waals surface area contributed by atoms with Gasteiger partial charge in [-0.3, -0.25) is 0 Å².